The van der Waals surface area contributed by atoms with Crippen molar-refractivity contribution in [3.8, 4) is 0 Å². The van der Waals surface area contributed by atoms with Gasteiger partial charge in [-0.15, -0.1) is 23.1 Å². The highest BCUT2D eigenvalue weighted by atomic mass is 32.2. The van der Waals surface area contributed by atoms with Crippen molar-refractivity contribution in [2.75, 3.05) is 18.2 Å². The fourth-order valence-corrected chi connectivity index (χ4v) is 8.22. The molecule has 2 amide bonds. The van der Waals surface area contributed by atoms with E-state index in [-0.39, 0.29) is 23.0 Å². The van der Waals surface area contributed by atoms with Gasteiger partial charge in [-0.3, -0.25) is 14.5 Å². The number of β-lactam (4-membered cyclic amide) rings is 1. The Hall–Kier alpha value is -4.94. The molecule has 10 nitrogen and oxygen atoms in total. The molecule has 4 aromatic rings. The van der Waals surface area contributed by atoms with Gasteiger partial charge in [-0.05, 0) is 43.9 Å². The molecule has 2 N–H and O–H groups in total. The van der Waals surface area contributed by atoms with Crippen LogP contribution in [0.15, 0.2) is 112 Å². The third kappa shape index (κ3) is 6.77. The van der Waals surface area contributed by atoms with E-state index in [9.17, 15) is 14.4 Å². The number of carbonyl (C=O) groups excluding carboxylic acids is 3. The molecule has 258 valence electrons. The molecule has 2 aliphatic rings. The van der Waals surface area contributed by atoms with Crippen molar-refractivity contribution >= 4 is 51.7 Å². The molecular weight excluding hydrogens is 671 g/mol. The zero-order valence-corrected chi connectivity index (χ0v) is 30.1. The Labute approximate surface area is 300 Å². The van der Waals surface area contributed by atoms with Crippen LogP contribution in [0.2, 0.25) is 0 Å². The second kappa shape index (κ2) is 14.5. The SMILES string of the molecule is CCC1=C(C(=O)OC(C)(C)C)N2C(=O)C(NC(=O)C(=NOC)c3csc(NC(c4ccccc4)(c4ccccc4)c4ccccc4)n3)C2CS1. The van der Waals surface area contributed by atoms with E-state index in [2.05, 4.69) is 52.2 Å². The quantitative estimate of drug-likeness (QED) is 0.0612. The number of ether oxygens (including phenoxy) is 1. The Bertz CT molecular complexity index is 1830. The minimum absolute atomic E-state index is 0.0756. The Kier molecular flexibility index (Phi) is 10.1. The number of amides is 2. The summed E-state index contributed by atoms with van der Waals surface area (Å²) in [6.45, 7) is 7.29. The summed E-state index contributed by atoms with van der Waals surface area (Å²) in [5, 5.41) is 12.9. The summed E-state index contributed by atoms with van der Waals surface area (Å²) in [7, 11) is 1.35. The molecule has 1 aromatic heterocycles. The van der Waals surface area contributed by atoms with Crippen LogP contribution in [-0.4, -0.2) is 63.9 Å². The predicted molar refractivity (Wildman–Crippen MR) is 197 cm³/mol. The number of allylic oxidation sites excluding steroid dienone is 1. The van der Waals surface area contributed by atoms with Crippen molar-refractivity contribution in [1.29, 1.82) is 0 Å². The van der Waals surface area contributed by atoms with E-state index in [1.807, 2.05) is 61.5 Å². The molecule has 3 heterocycles. The van der Waals surface area contributed by atoms with E-state index in [1.165, 1.54) is 35.1 Å². The molecule has 1 fully saturated rings. The topological polar surface area (TPSA) is 122 Å². The lowest BCUT2D eigenvalue weighted by Crippen LogP contribution is -2.73. The minimum atomic E-state index is -0.856. The van der Waals surface area contributed by atoms with Gasteiger partial charge in [0.25, 0.3) is 11.8 Å². The number of aromatic nitrogens is 1. The number of oxime groups is 1. The van der Waals surface area contributed by atoms with E-state index < -0.39 is 35.1 Å². The van der Waals surface area contributed by atoms with Crippen LogP contribution in [-0.2, 0) is 29.5 Å². The second-order valence-corrected chi connectivity index (χ2v) is 14.8. The zero-order valence-electron chi connectivity index (χ0n) is 28.5. The monoisotopic (exact) mass is 709 g/mol. The molecule has 2 aliphatic heterocycles. The highest BCUT2D eigenvalue weighted by Crippen LogP contribution is 2.42. The number of esters is 1. The number of fused-ring (bicyclic) bond motifs is 1. The lowest BCUT2D eigenvalue weighted by molar-refractivity contribution is -0.160. The van der Waals surface area contributed by atoms with Gasteiger partial charge in [0.2, 0.25) is 0 Å². The van der Waals surface area contributed by atoms with E-state index >= 15 is 0 Å². The number of thiazole rings is 1. The molecule has 0 spiro atoms. The molecule has 3 aromatic carbocycles. The fraction of sp³-hybridized carbons (Fsp3) is 0.289. The number of nitrogens with zero attached hydrogens (tertiary/aromatic N) is 3. The Morgan fingerprint density at radius 3 is 2.00 bits per heavy atom. The van der Waals surface area contributed by atoms with E-state index in [4.69, 9.17) is 14.6 Å². The molecule has 12 heteroatoms. The summed E-state index contributed by atoms with van der Waals surface area (Å²) >= 11 is 2.82. The average Bonchev–Trinajstić information content (AvgIpc) is 3.59. The number of benzene rings is 3. The third-order valence-corrected chi connectivity index (χ3v) is 10.5. The van der Waals surface area contributed by atoms with Crippen LogP contribution < -0.4 is 10.6 Å². The van der Waals surface area contributed by atoms with Crippen LogP contribution in [0.1, 0.15) is 56.5 Å². The maximum Gasteiger partial charge on any atom is 0.356 e. The van der Waals surface area contributed by atoms with Crippen molar-refractivity contribution in [2.24, 2.45) is 5.16 Å². The first-order valence-corrected chi connectivity index (χ1v) is 18.2. The van der Waals surface area contributed by atoms with Crippen LogP contribution in [0.25, 0.3) is 0 Å². The number of carbonyl (C=O) groups is 3. The van der Waals surface area contributed by atoms with Crippen LogP contribution in [0.3, 0.4) is 0 Å². The molecule has 6 rings (SSSR count). The van der Waals surface area contributed by atoms with Crippen LogP contribution >= 0.6 is 23.1 Å². The highest BCUT2D eigenvalue weighted by molar-refractivity contribution is 8.03. The van der Waals surface area contributed by atoms with Crippen LogP contribution in [0.5, 0.6) is 0 Å². The van der Waals surface area contributed by atoms with Gasteiger partial charge in [-0.1, -0.05) is 103 Å². The number of anilines is 1. The summed E-state index contributed by atoms with van der Waals surface area (Å²) in [5.74, 6) is -1.03. The molecule has 0 radical (unpaired) electrons. The van der Waals surface area contributed by atoms with Crippen molar-refractivity contribution in [1.82, 2.24) is 15.2 Å². The van der Waals surface area contributed by atoms with E-state index in [0.717, 1.165) is 21.6 Å². The lowest BCUT2D eigenvalue weighted by atomic mass is 9.77. The number of thioether (sulfide) groups is 1. The van der Waals surface area contributed by atoms with E-state index in [1.54, 1.807) is 26.2 Å². The first kappa shape index (κ1) is 34.9. The van der Waals surface area contributed by atoms with Crippen LogP contribution in [0.4, 0.5) is 5.13 Å². The average molecular weight is 710 g/mol. The molecule has 0 bridgehead atoms. The second-order valence-electron chi connectivity index (χ2n) is 12.8. The number of rotatable bonds is 11. The first-order valence-electron chi connectivity index (χ1n) is 16.3. The summed E-state index contributed by atoms with van der Waals surface area (Å²) in [6, 6.07) is 29.1. The number of nitrogens with one attached hydrogen (secondary N) is 2. The van der Waals surface area contributed by atoms with Gasteiger partial charge in [0, 0.05) is 16.0 Å². The van der Waals surface area contributed by atoms with Crippen molar-refractivity contribution in [3.05, 3.63) is 129 Å². The molecule has 0 saturated carbocycles. The van der Waals surface area contributed by atoms with E-state index in [0.29, 0.717) is 17.3 Å². The van der Waals surface area contributed by atoms with Gasteiger partial charge >= 0.3 is 5.97 Å². The minimum Gasteiger partial charge on any atom is -0.455 e. The standard InChI is InChI=1S/C38H39N5O5S2/c1-6-29-32(35(46)48-37(2,3)4)43-28(23-49-29)31(34(43)45)40-33(44)30(42-47-5)27-22-50-36(39-27)41-38(24-16-10-7-11-17-24,25-18-12-8-13-19-25)26-20-14-9-15-21-26/h7-22,28,31H,6,23H2,1-5H3,(H,39,41)(H,40,44). The fourth-order valence-electron chi connectivity index (χ4n) is 6.23. The Morgan fingerprint density at radius 1 is 0.940 bits per heavy atom. The maximum atomic E-state index is 13.8. The summed E-state index contributed by atoms with van der Waals surface area (Å²) in [4.78, 5) is 52.6. The normalized spacial score (nSPS) is 17.8. The molecular formula is C38H39N5O5S2. The van der Waals surface area contributed by atoms with Gasteiger partial charge in [-0.2, -0.15) is 0 Å². The molecule has 2 unspecified atom stereocenters. The maximum absolute atomic E-state index is 13.8. The van der Waals surface area contributed by atoms with Crippen molar-refractivity contribution < 1.29 is 24.0 Å². The van der Waals surface area contributed by atoms with Gasteiger partial charge in [0.15, 0.2) is 10.8 Å². The summed E-state index contributed by atoms with van der Waals surface area (Å²) in [5.41, 5.74) is 1.91. The third-order valence-electron chi connectivity index (χ3n) is 8.41. The zero-order chi connectivity index (χ0) is 35.5. The molecule has 1 saturated heterocycles. The van der Waals surface area contributed by atoms with Gasteiger partial charge in [0.1, 0.15) is 35.7 Å². The smallest absolute Gasteiger partial charge is 0.356 e. The van der Waals surface area contributed by atoms with Gasteiger partial charge in [-0.25, -0.2) is 9.78 Å². The van der Waals surface area contributed by atoms with Crippen molar-refractivity contribution in [3.63, 3.8) is 0 Å². The molecule has 2 atom stereocenters. The highest BCUT2D eigenvalue weighted by Gasteiger charge is 2.54. The van der Waals surface area contributed by atoms with Crippen LogP contribution in [0, 0.1) is 0 Å². The molecule has 0 aliphatic carbocycles. The van der Waals surface area contributed by atoms with Gasteiger partial charge in [0.05, 0.1) is 6.04 Å². The van der Waals surface area contributed by atoms with Gasteiger partial charge < -0.3 is 20.2 Å². The Morgan fingerprint density at radius 2 is 1.50 bits per heavy atom. The predicted octanol–water partition coefficient (Wildman–Crippen LogP) is 6.30. The number of hydrogen-bond donors (Lipinski definition) is 2. The van der Waals surface area contributed by atoms with Crippen molar-refractivity contribution in [2.45, 2.75) is 57.3 Å². The Balaban J connectivity index is 1.27. The largest absolute Gasteiger partial charge is 0.455 e. The lowest BCUT2D eigenvalue weighted by Gasteiger charge is -2.50. The molecule has 50 heavy (non-hydrogen) atoms. The number of hydrogen-bond acceptors (Lipinski definition) is 10. The first-order chi connectivity index (χ1) is 24.1. The summed E-state index contributed by atoms with van der Waals surface area (Å²) in [6.07, 6.45) is 0.581. The summed E-state index contributed by atoms with van der Waals surface area (Å²) < 4.78 is 5.64.